The standard InChI is InChI=1S/C19H23ClO6/c1-12(21)24-18-14(20)9-15(22-10-13-7-5-4-6-8-13)17(25-18)16-11-23-19(2,3)26-16/h4-9,15-18H,10-11H2,1-3H3/t15-,16-,17+,18?/m1/s1. The van der Waals surface area contributed by atoms with Gasteiger partial charge < -0.3 is 23.7 Å². The van der Waals surface area contributed by atoms with Gasteiger partial charge in [0, 0.05) is 6.92 Å². The van der Waals surface area contributed by atoms with Gasteiger partial charge in [-0.05, 0) is 25.5 Å². The fourth-order valence-corrected chi connectivity index (χ4v) is 3.16. The van der Waals surface area contributed by atoms with Crippen molar-refractivity contribution in [3.8, 4) is 0 Å². The van der Waals surface area contributed by atoms with Crippen molar-refractivity contribution in [3.05, 3.63) is 47.0 Å². The highest BCUT2D eigenvalue weighted by atomic mass is 35.5. The maximum absolute atomic E-state index is 11.3. The largest absolute Gasteiger partial charge is 0.430 e. The van der Waals surface area contributed by atoms with E-state index >= 15 is 0 Å². The van der Waals surface area contributed by atoms with E-state index < -0.39 is 30.3 Å². The van der Waals surface area contributed by atoms with E-state index in [1.54, 1.807) is 6.08 Å². The number of halogens is 1. The second kappa shape index (κ2) is 8.06. The smallest absolute Gasteiger partial charge is 0.305 e. The molecule has 7 heteroatoms. The van der Waals surface area contributed by atoms with Crippen molar-refractivity contribution in [2.24, 2.45) is 0 Å². The number of ether oxygens (including phenoxy) is 5. The highest BCUT2D eigenvalue weighted by Gasteiger charge is 2.45. The fraction of sp³-hybridized carbons (Fsp3) is 0.526. The Bertz CT molecular complexity index is 659. The molecule has 0 bridgehead atoms. The number of carbonyl (C=O) groups excluding carboxylic acids is 1. The Labute approximate surface area is 158 Å². The summed E-state index contributed by atoms with van der Waals surface area (Å²) < 4.78 is 28.6. The molecule has 1 fully saturated rings. The third-order valence-electron chi connectivity index (χ3n) is 4.11. The van der Waals surface area contributed by atoms with E-state index in [9.17, 15) is 4.79 Å². The zero-order valence-corrected chi connectivity index (χ0v) is 15.8. The van der Waals surface area contributed by atoms with Crippen LogP contribution in [0.5, 0.6) is 0 Å². The summed E-state index contributed by atoms with van der Waals surface area (Å²) >= 11 is 6.24. The number of benzene rings is 1. The van der Waals surface area contributed by atoms with Gasteiger partial charge in [0.2, 0.25) is 6.29 Å². The van der Waals surface area contributed by atoms with Crippen LogP contribution in [0.1, 0.15) is 26.3 Å². The summed E-state index contributed by atoms with van der Waals surface area (Å²) in [4.78, 5) is 11.3. The molecule has 2 aliphatic rings. The van der Waals surface area contributed by atoms with Gasteiger partial charge in [-0.2, -0.15) is 0 Å². The molecule has 1 aromatic rings. The molecule has 2 aliphatic heterocycles. The van der Waals surface area contributed by atoms with Gasteiger partial charge in [-0.3, -0.25) is 4.79 Å². The third kappa shape index (κ3) is 4.84. The van der Waals surface area contributed by atoms with E-state index in [0.29, 0.717) is 13.2 Å². The SMILES string of the molecule is CC(=O)OC1O[C@H]([C@H]2COC(C)(C)O2)[C@H](OCc2ccccc2)C=C1Cl. The molecule has 1 aromatic carbocycles. The van der Waals surface area contributed by atoms with Crippen LogP contribution in [0.2, 0.25) is 0 Å². The van der Waals surface area contributed by atoms with Gasteiger partial charge in [0.05, 0.1) is 18.2 Å². The molecule has 0 N–H and O–H groups in total. The number of esters is 1. The summed E-state index contributed by atoms with van der Waals surface area (Å²) in [5, 5.41) is 0.271. The van der Waals surface area contributed by atoms with Crippen LogP contribution in [0.25, 0.3) is 0 Å². The number of hydrogen-bond donors (Lipinski definition) is 0. The lowest BCUT2D eigenvalue weighted by Gasteiger charge is -2.36. The second-order valence-electron chi connectivity index (χ2n) is 6.72. The van der Waals surface area contributed by atoms with Crippen molar-refractivity contribution in [2.75, 3.05) is 6.61 Å². The highest BCUT2D eigenvalue weighted by Crippen LogP contribution is 2.33. The average Bonchev–Trinajstić information content (AvgIpc) is 2.95. The minimum absolute atomic E-state index is 0.271. The molecule has 1 saturated heterocycles. The molecule has 26 heavy (non-hydrogen) atoms. The van der Waals surface area contributed by atoms with Crippen LogP contribution < -0.4 is 0 Å². The summed E-state index contributed by atoms with van der Waals surface area (Å²) in [6.45, 7) is 5.71. The van der Waals surface area contributed by atoms with E-state index in [1.165, 1.54) is 6.92 Å². The summed E-state index contributed by atoms with van der Waals surface area (Å²) in [5.74, 6) is -1.19. The number of hydrogen-bond acceptors (Lipinski definition) is 6. The first-order chi connectivity index (χ1) is 12.3. The zero-order valence-electron chi connectivity index (χ0n) is 15.0. The summed E-state index contributed by atoms with van der Waals surface area (Å²) in [5.41, 5.74) is 1.03. The molecule has 0 spiro atoms. The maximum atomic E-state index is 11.3. The summed E-state index contributed by atoms with van der Waals surface area (Å²) in [6.07, 6.45) is -0.613. The summed E-state index contributed by atoms with van der Waals surface area (Å²) in [6, 6.07) is 9.79. The van der Waals surface area contributed by atoms with Crippen molar-refractivity contribution < 1.29 is 28.5 Å². The molecular weight excluding hydrogens is 360 g/mol. The van der Waals surface area contributed by atoms with Gasteiger partial charge in [-0.25, -0.2) is 0 Å². The van der Waals surface area contributed by atoms with Crippen LogP contribution in [0.4, 0.5) is 0 Å². The van der Waals surface area contributed by atoms with Gasteiger partial charge >= 0.3 is 5.97 Å². The lowest BCUT2D eigenvalue weighted by atomic mass is 10.0. The van der Waals surface area contributed by atoms with Crippen molar-refractivity contribution >= 4 is 17.6 Å². The van der Waals surface area contributed by atoms with E-state index in [4.69, 9.17) is 35.3 Å². The van der Waals surface area contributed by atoms with E-state index in [2.05, 4.69) is 0 Å². The molecule has 0 amide bonds. The molecule has 1 unspecified atom stereocenters. The Hall–Kier alpha value is -1.44. The normalized spacial score (nSPS) is 30.7. The Morgan fingerprint density at radius 2 is 2.04 bits per heavy atom. The van der Waals surface area contributed by atoms with Crippen LogP contribution in [0.3, 0.4) is 0 Å². The molecule has 0 radical (unpaired) electrons. The van der Waals surface area contributed by atoms with Crippen molar-refractivity contribution in [3.63, 3.8) is 0 Å². The second-order valence-corrected chi connectivity index (χ2v) is 7.16. The van der Waals surface area contributed by atoms with Crippen molar-refractivity contribution in [2.45, 2.75) is 57.8 Å². The quantitative estimate of drug-likeness (QED) is 0.729. The van der Waals surface area contributed by atoms with E-state index in [1.807, 2.05) is 44.2 Å². The number of rotatable bonds is 5. The number of carbonyl (C=O) groups is 1. The highest BCUT2D eigenvalue weighted by molar-refractivity contribution is 6.30. The lowest BCUT2D eigenvalue weighted by Crippen LogP contribution is -2.48. The van der Waals surface area contributed by atoms with Crippen LogP contribution >= 0.6 is 11.6 Å². The first kappa shape index (κ1) is 19.3. The molecule has 3 rings (SSSR count). The van der Waals surface area contributed by atoms with Crippen LogP contribution in [-0.2, 0) is 35.1 Å². The summed E-state index contributed by atoms with van der Waals surface area (Å²) in [7, 11) is 0. The van der Waals surface area contributed by atoms with Gasteiger partial charge in [0.1, 0.15) is 18.3 Å². The van der Waals surface area contributed by atoms with E-state index in [0.717, 1.165) is 5.56 Å². The fourth-order valence-electron chi connectivity index (χ4n) is 2.94. The Morgan fingerprint density at radius 1 is 1.31 bits per heavy atom. The topological polar surface area (TPSA) is 63.2 Å². The molecule has 0 aliphatic carbocycles. The lowest BCUT2D eigenvalue weighted by molar-refractivity contribution is -0.221. The predicted molar refractivity (Wildman–Crippen MR) is 94.3 cm³/mol. The molecular formula is C19H23ClO6. The minimum atomic E-state index is -0.969. The van der Waals surface area contributed by atoms with Gasteiger partial charge in [0.15, 0.2) is 5.79 Å². The van der Waals surface area contributed by atoms with Gasteiger partial charge in [-0.1, -0.05) is 41.9 Å². The predicted octanol–water partition coefficient (Wildman–Crippen LogP) is 3.13. The molecule has 142 valence electrons. The molecule has 2 heterocycles. The first-order valence-electron chi connectivity index (χ1n) is 8.51. The van der Waals surface area contributed by atoms with E-state index in [-0.39, 0.29) is 11.1 Å². The van der Waals surface area contributed by atoms with Crippen molar-refractivity contribution in [1.82, 2.24) is 0 Å². The van der Waals surface area contributed by atoms with Crippen LogP contribution in [0.15, 0.2) is 41.4 Å². The minimum Gasteiger partial charge on any atom is -0.430 e. The Kier molecular flexibility index (Phi) is 5.99. The third-order valence-corrected chi connectivity index (χ3v) is 4.41. The Balaban J connectivity index is 1.75. The van der Waals surface area contributed by atoms with Gasteiger partial charge in [-0.15, -0.1) is 0 Å². The van der Waals surface area contributed by atoms with Crippen LogP contribution in [-0.4, -0.2) is 43.0 Å². The zero-order chi connectivity index (χ0) is 18.7. The average molecular weight is 383 g/mol. The van der Waals surface area contributed by atoms with Gasteiger partial charge in [0.25, 0.3) is 0 Å². The first-order valence-corrected chi connectivity index (χ1v) is 8.89. The maximum Gasteiger partial charge on any atom is 0.305 e. The molecule has 6 nitrogen and oxygen atoms in total. The molecule has 0 aromatic heterocycles. The van der Waals surface area contributed by atoms with Crippen molar-refractivity contribution in [1.29, 1.82) is 0 Å². The Morgan fingerprint density at radius 3 is 2.65 bits per heavy atom. The molecule has 0 saturated carbocycles. The molecule has 4 atom stereocenters. The van der Waals surface area contributed by atoms with Crippen LogP contribution in [0, 0.1) is 0 Å². The monoisotopic (exact) mass is 382 g/mol.